The maximum absolute atomic E-state index is 15.3. The average molecular weight is 545 g/mol. The normalized spacial score (nSPS) is 16.8. The maximum Gasteiger partial charge on any atom is 0.319 e. The summed E-state index contributed by atoms with van der Waals surface area (Å²) in [4.78, 5) is 26.3. The Kier molecular flexibility index (Phi) is 7.94. The average Bonchev–Trinajstić information content (AvgIpc) is 3.22. The van der Waals surface area contributed by atoms with E-state index >= 15 is 8.78 Å². The van der Waals surface area contributed by atoms with Crippen molar-refractivity contribution in [1.82, 2.24) is 5.32 Å². The van der Waals surface area contributed by atoms with Gasteiger partial charge in [0.1, 0.15) is 11.9 Å². The molecular weight excluding hydrogens is 518 g/mol. The van der Waals surface area contributed by atoms with Gasteiger partial charge in [-0.3, -0.25) is 9.36 Å². The summed E-state index contributed by atoms with van der Waals surface area (Å²) in [5.41, 5.74) is 0.441. The van der Waals surface area contributed by atoms with Gasteiger partial charge in [-0.15, -0.1) is 0 Å². The number of nitrogens with zero attached hydrogens (tertiary/aromatic N) is 1. The lowest BCUT2D eigenvalue weighted by atomic mass is 10.0. The Labute approximate surface area is 218 Å². The van der Waals surface area contributed by atoms with Crippen LogP contribution in [0, 0.1) is 24.4 Å². The van der Waals surface area contributed by atoms with Gasteiger partial charge in [-0.2, -0.15) is 0 Å². The molecular formula is C27H27F3N3O4P. The Bertz CT molecular complexity index is 1450. The van der Waals surface area contributed by atoms with Crippen LogP contribution in [-0.2, 0) is 13.9 Å². The van der Waals surface area contributed by atoms with Crippen molar-refractivity contribution in [2.75, 3.05) is 30.0 Å². The zero-order valence-electron chi connectivity index (χ0n) is 21.1. The van der Waals surface area contributed by atoms with E-state index in [1.165, 1.54) is 37.0 Å². The van der Waals surface area contributed by atoms with Crippen LogP contribution in [0.5, 0.6) is 0 Å². The molecule has 2 atom stereocenters. The molecule has 4 rings (SSSR count). The number of carbonyl (C=O) groups excluding carboxylic acids is 2. The molecule has 0 aliphatic carbocycles. The van der Waals surface area contributed by atoms with Gasteiger partial charge in [0, 0.05) is 24.1 Å². The number of urea groups is 1. The second-order valence-corrected chi connectivity index (χ2v) is 11.4. The van der Waals surface area contributed by atoms with E-state index in [-0.39, 0.29) is 47.4 Å². The van der Waals surface area contributed by atoms with Crippen molar-refractivity contribution in [3.05, 3.63) is 77.6 Å². The van der Waals surface area contributed by atoms with Gasteiger partial charge in [-0.1, -0.05) is 24.3 Å². The minimum absolute atomic E-state index is 0.0312. The third-order valence-electron chi connectivity index (χ3n) is 6.24. The van der Waals surface area contributed by atoms with Gasteiger partial charge in [-0.05, 0) is 61.7 Å². The van der Waals surface area contributed by atoms with Gasteiger partial charge in [0.15, 0.2) is 11.6 Å². The summed E-state index contributed by atoms with van der Waals surface area (Å²) in [6.45, 7) is 5.02. The number of benzene rings is 3. The number of halogens is 3. The first-order chi connectivity index (χ1) is 18.0. The lowest BCUT2D eigenvalue weighted by molar-refractivity contribution is -0.118. The van der Waals surface area contributed by atoms with Crippen molar-refractivity contribution in [2.45, 2.75) is 26.3 Å². The summed E-state index contributed by atoms with van der Waals surface area (Å²) in [5.74, 6) is -3.71. The van der Waals surface area contributed by atoms with Gasteiger partial charge >= 0.3 is 6.03 Å². The molecule has 1 aliphatic heterocycles. The third kappa shape index (κ3) is 5.47. The van der Waals surface area contributed by atoms with Gasteiger partial charge in [-0.25, -0.2) is 18.0 Å². The monoisotopic (exact) mass is 545 g/mol. The number of rotatable bonds is 7. The van der Waals surface area contributed by atoms with Crippen LogP contribution in [0.2, 0.25) is 0 Å². The van der Waals surface area contributed by atoms with E-state index in [0.717, 1.165) is 4.90 Å². The van der Waals surface area contributed by atoms with E-state index in [1.807, 2.05) is 0 Å². The van der Waals surface area contributed by atoms with Gasteiger partial charge < -0.3 is 20.1 Å². The third-order valence-corrected chi connectivity index (χ3v) is 8.26. The highest BCUT2D eigenvalue weighted by Gasteiger charge is 2.36. The molecule has 3 aromatic carbocycles. The molecule has 1 saturated heterocycles. The summed E-state index contributed by atoms with van der Waals surface area (Å²) in [7, 11) is -3.30. The highest BCUT2D eigenvalue weighted by Crippen LogP contribution is 2.45. The lowest BCUT2D eigenvalue weighted by Gasteiger charge is -2.21. The molecule has 2 N–H and O–H groups in total. The van der Waals surface area contributed by atoms with Crippen LogP contribution in [0.1, 0.15) is 18.9 Å². The predicted molar refractivity (Wildman–Crippen MR) is 141 cm³/mol. The number of anilines is 2. The molecule has 1 unspecified atom stereocenters. The topological polar surface area (TPSA) is 87.7 Å². The van der Waals surface area contributed by atoms with Crippen LogP contribution < -0.4 is 20.8 Å². The number of aryl methyl sites for hydroxylation is 1. The van der Waals surface area contributed by atoms with Crippen LogP contribution in [-0.4, -0.2) is 37.8 Å². The Morgan fingerprint density at radius 3 is 2.53 bits per heavy atom. The van der Waals surface area contributed by atoms with Crippen LogP contribution in [0.15, 0.2) is 54.6 Å². The van der Waals surface area contributed by atoms with Gasteiger partial charge in [0.25, 0.3) is 0 Å². The van der Waals surface area contributed by atoms with Crippen molar-refractivity contribution in [2.24, 2.45) is 0 Å². The van der Waals surface area contributed by atoms with Gasteiger partial charge in [0.2, 0.25) is 13.3 Å². The highest BCUT2D eigenvalue weighted by molar-refractivity contribution is 7.66. The van der Waals surface area contributed by atoms with Crippen molar-refractivity contribution in [1.29, 1.82) is 0 Å². The summed E-state index contributed by atoms with van der Waals surface area (Å²) in [6.07, 6.45) is 0.141. The molecule has 1 heterocycles. The van der Waals surface area contributed by atoms with Crippen molar-refractivity contribution >= 4 is 36.0 Å². The van der Waals surface area contributed by atoms with Crippen LogP contribution in [0.4, 0.5) is 29.3 Å². The summed E-state index contributed by atoms with van der Waals surface area (Å²) in [6, 6.07) is 11.4. The Balaban J connectivity index is 1.54. The summed E-state index contributed by atoms with van der Waals surface area (Å²) >= 11 is 0. The highest BCUT2D eigenvalue weighted by atomic mass is 31.2. The van der Waals surface area contributed by atoms with Crippen molar-refractivity contribution < 1.29 is 31.8 Å². The minimum Gasteiger partial charge on any atom is -0.326 e. The molecule has 0 bridgehead atoms. The molecule has 38 heavy (non-hydrogen) atoms. The Morgan fingerprint density at radius 2 is 1.82 bits per heavy atom. The van der Waals surface area contributed by atoms with E-state index < -0.39 is 42.8 Å². The molecule has 200 valence electrons. The number of nitrogens with one attached hydrogen (secondary N) is 2. The largest absolute Gasteiger partial charge is 0.326 e. The molecule has 3 amide bonds. The second-order valence-electron chi connectivity index (χ2n) is 8.95. The first-order valence-electron chi connectivity index (χ1n) is 12.0. The number of carbonyl (C=O) groups is 2. The van der Waals surface area contributed by atoms with Crippen LogP contribution >= 0.6 is 7.37 Å². The SMILES string of the molecule is CCOP(C)(=O)c1ccccc1-c1ccc(N2CC[C@@H](NC(=O)Nc3ccc(C)cc3F)C2=O)c(F)c1F. The minimum atomic E-state index is -3.30. The molecule has 1 aliphatic rings. The number of hydrogen-bond donors (Lipinski definition) is 2. The van der Waals surface area contributed by atoms with E-state index in [4.69, 9.17) is 4.52 Å². The fourth-order valence-electron chi connectivity index (χ4n) is 4.42. The Morgan fingerprint density at radius 1 is 1.08 bits per heavy atom. The zero-order valence-corrected chi connectivity index (χ0v) is 22.0. The number of hydrogen-bond acceptors (Lipinski definition) is 4. The van der Waals surface area contributed by atoms with E-state index in [9.17, 15) is 18.5 Å². The summed E-state index contributed by atoms with van der Waals surface area (Å²) < 4.78 is 63.1. The zero-order chi connectivity index (χ0) is 27.6. The van der Waals surface area contributed by atoms with Crippen LogP contribution in [0.25, 0.3) is 11.1 Å². The molecule has 0 radical (unpaired) electrons. The molecule has 7 nitrogen and oxygen atoms in total. The molecule has 1 fully saturated rings. The summed E-state index contributed by atoms with van der Waals surface area (Å²) in [5, 5.41) is 5.06. The molecule has 11 heteroatoms. The standard InChI is InChI=1S/C27H27F3N3O4P/c1-4-37-38(3,36)23-8-6-5-7-17(23)18-10-12-22(25(30)24(18)29)33-14-13-21(26(33)34)32-27(35)31-20-11-9-16(2)15-19(20)28/h5-12,15,21H,4,13-14H2,1-3H3,(H2,31,32,35)/t21-,38?/m1/s1. The molecule has 0 saturated carbocycles. The van der Waals surface area contributed by atoms with Crippen molar-refractivity contribution in [3.63, 3.8) is 0 Å². The van der Waals surface area contributed by atoms with E-state index in [1.54, 1.807) is 38.1 Å². The van der Waals surface area contributed by atoms with Gasteiger partial charge in [0.05, 0.1) is 18.0 Å². The molecule has 3 aromatic rings. The second kappa shape index (κ2) is 11.0. The number of amides is 3. The maximum atomic E-state index is 15.3. The predicted octanol–water partition coefficient (Wildman–Crippen LogP) is 5.58. The Hall–Kier alpha value is -3.62. The fraction of sp³-hybridized carbons (Fsp3) is 0.259. The smallest absolute Gasteiger partial charge is 0.319 e. The van der Waals surface area contributed by atoms with E-state index in [2.05, 4.69) is 10.6 Å². The first kappa shape index (κ1) is 27.4. The van der Waals surface area contributed by atoms with Crippen LogP contribution in [0.3, 0.4) is 0 Å². The van der Waals surface area contributed by atoms with E-state index in [0.29, 0.717) is 5.56 Å². The molecule has 0 spiro atoms. The first-order valence-corrected chi connectivity index (χ1v) is 14.1. The lowest BCUT2D eigenvalue weighted by Crippen LogP contribution is -2.43. The molecule has 0 aromatic heterocycles. The quantitative estimate of drug-likeness (QED) is 0.380. The fourth-order valence-corrected chi connectivity index (χ4v) is 6.04. The van der Waals surface area contributed by atoms with Crippen molar-refractivity contribution in [3.8, 4) is 11.1 Å².